The van der Waals surface area contributed by atoms with Crippen molar-refractivity contribution in [3.8, 4) is 0 Å². The van der Waals surface area contributed by atoms with Gasteiger partial charge in [0, 0.05) is 0 Å². The van der Waals surface area contributed by atoms with Crippen LogP contribution in [0.4, 0.5) is 4.39 Å². The molecule has 1 saturated carbocycles. The second-order valence-electron chi connectivity index (χ2n) is 6.17. The van der Waals surface area contributed by atoms with Gasteiger partial charge in [-0.05, 0) is 61.3 Å². The van der Waals surface area contributed by atoms with E-state index in [0.717, 1.165) is 30.4 Å². The molecule has 1 aromatic rings. The maximum Gasteiger partial charge on any atom is 0.188 e. The highest BCUT2D eigenvalue weighted by Crippen LogP contribution is 2.38. The molecule has 1 fully saturated rings. The van der Waals surface area contributed by atoms with Crippen LogP contribution < -0.4 is 0 Å². The summed E-state index contributed by atoms with van der Waals surface area (Å²) < 4.78 is 14.0. The lowest BCUT2D eigenvalue weighted by molar-refractivity contribution is 0.104. The molecule has 0 aliphatic heterocycles. The van der Waals surface area contributed by atoms with Gasteiger partial charge >= 0.3 is 0 Å². The summed E-state index contributed by atoms with van der Waals surface area (Å²) in [6.07, 6.45) is 9.87. The van der Waals surface area contributed by atoms with Crippen molar-refractivity contribution in [1.29, 1.82) is 0 Å². The summed E-state index contributed by atoms with van der Waals surface area (Å²) in [6.45, 7) is 5.64. The highest BCUT2D eigenvalue weighted by Gasteiger charge is 2.23. The SMILES string of the molecule is C=CC(=O)c1ccc(C2CCC(CCCC)CC2)cc1F. The van der Waals surface area contributed by atoms with Gasteiger partial charge in [-0.2, -0.15) is 0 Å². The molecule has 0 radical (unpaired) electrons. The number of ketones is 1. The Morgan fingerprint density at radius 1 is 1.33 bits per heavy atom. The summed E-state index contributed by atoms with van der Waals surface area (Å²) >= 11 is 0. The fourth-order valence-electron chi connectivity index (χ4n) is 3.37. The molecule has 0 bridgehead atoms. The van der Waals surface area contributed by atoms with E-state index in [1.54, 1.807) is 12.1 Å². The molecule has 0 heterocycles. The summed E-state index contributed by atoms with van der Waals surface area (Å²) in [7, 11) is 0. The third kappa shape index (κ3) is 4.03. The Kier molecular flexibility index (Phi) is 5.72. The summed E-state index contributed by atoms with van der Waals surface area (Å²) in [5.74, 6) is 0.547. The smallest absolute Gasteiger partial charge is 0.188 e. The monoisotopic (exact) mass is 288 g/mol. The molecule has 1 aliphatic rings. The van der Waals surface area contributed by atoms with E-state index >= 15 is 0 Å². The number of rotatable bonds is 6. The van der Waals surface area contributed by atoms with Gasteiger partial charge in [0.2, 0.25) is 0 Å². The fraction of sp³-hybridized carbons (Fsp3) is 0.526. The zero-order chi connectivity index (χ0) is 15.2. The minimum absolute atomic E-state index is 0.130. The van der Waals surface area contributed by atoms with Gasteiger partial charge in [-0.25, -0.2) is 4.39 Å². The van der Waals surface area contributed by atoms with E-state index in [0.29, 0.717) is 5.92 Å². The normalized spacial score (nSPS) is 22.0. The predicted molar refractivity (Wildman–Crippen MR) is 85.2 cm³/mol. The summed E-state index contributed by atoms with van der Waals surface area (Å²) in [4.78, 5) is 11.5. The molecule has 114 valence electrons. The van der Waals surface area contributed by atoms with Crippen LogP contribution in [0.15, 0.2) is 30.9 Å². The van der Waals surface area contributed by atoms with E-state index in [4.69, 9.17) is 0 Å². The zero-order valence-corrected chi connectivity index (χ0v) is 12.9. The number of unbranched alkanes of at least 4 members (excludes halogenated alkanes) is 1. The van der Waals surface area contributed by atoms with Crippen LogP contribution in [-0.4, -0.2) is 5.78 Å². The van der Waals surface area contributed by atoms with Crippen LogP contribution in [-0.2, 0) is 0 Å². The van der Waals surface area contributed by atoms with Crippen LogP contribution in [0.1, 0.15) is 73.7 Å². The van der Waals surface area contributed by atoms with E-state index in [9.17, 15) is 9.18 Å². The molecular formula is C19H25FO. The Bertz CT molecular complexity index is 498. The molecular weight excluding hydrogens is 263 g/mol. The van der Waals surface area contributed by atoms with Crippen LogP contribution in [0.5, 0.6) is 0 Å². The van der Waals surface area contributed by atoms with Gasteiger partial charge in [-0.1, -0.05) is 38.8 Å². The number of allylic oxidation sites excluding steroid dienone is 1. The lowest BCUT2D eigenvalue weighted by Gasteiger charge is -2.29. The van der Waals surface area contributed by atoms with Crippen LogP contribution in [0, 0.1) is 11.7 Å². The lowest BCUT2D eigenvalue weighted by Crippen LogP contribution is -2.14. The Balaban J connectivity index is 1.99. The van der Waals surface area contributed by atoms with Crippen molar-refractivity contribution in [2.75, 3.05) is 0 Å². The third-order valence-corrected chi connectivity index (χ3v) is 4.73. The Labute approximate surface area is 127 Å². The van der Waals surface area contributed by atoms with Crippen molar-refractivity contribution >= 4 is 5.78 Å². The first kappa shape index (κ1) is 15.9. The van der Waals surface area contributed by atoms with E-state index in [2.05, 4.69) is 13.5 Å². The van der Waals surface area contributed by atoms with Gasteiger partial charge in [0.25, 0.3) is 0 Å². The number of carbonyl (C=O) groups excluding carboxylic acids is 1. The van der Waals surface area contributed by atoms with E-state index in [-0.39, 0.29) is 11.3 Å². The molecule has 0 unspecified atom stereocenters. The number of carbonyl (C=O) groups is 1. The first-order chi connectivity index (χ1) is 10.2. The summed E-state index contributed by atoms with van der Waals surface area (Å²) in [5, 5.41) is 0. The van der Waals surface area contributed by atoms with Gasteiger partial charge in [-0.15, -0.1) is 0 Å². The molecule has 1 aliphatic carbocycles. The Morgan fingerprint density at radius 3 is 2.62 bits per heavy atom. The second kappa shape index (κ2) is 7.53. The Morgan fingerprint density at radius 2 is 2.05 bits per heavy atom. The minimum atomic E-state index is -0.412. The number of halogens is 1. The van der Waals surface area contributed by atoms with E-state index in [1.807, 2.05) is 6.07 Å². The molecule has 0 N–H and O–H groups in total. The molecule has 0 spiro atoms. The molecule has 21 heavy (non-hydrogen) atoms. The van der Waals surface area contributed by atoms with Crippen molar-refractivity contribution in [3.63, 3.8) is 0 Å². The largest absolute Gasteiger partial charge is 0.289 e. The standard InChI is InChI=1S/C19H25FO/c1-3-5-6-14-7-9-15(10-8-14)16-11-12-17(18(20)13-16)19(21)4-2/h4,11-15H,2-3,5-10H2,1H3. The lowest BCUT2D eigenvalue weighted by atomic mass is 9.77. The molecule has 1 nitrogen and oxygen atoms in total. The highest BCUT2D eigenvalue weighted by molar-refractivity contribution is 6.04. The van der Waals surface area contributed by atoms with Gasteiger partial charge in [0.1, 0.15) is 5.82 Å². The topological polar surface area (TPSA) is 17.1 Å². The van der Waals surface area contributed by atoms with Crippen LogP contribution in [0.2, 0.25) is 0 Å². The van der Waals surface area contributed by atoms with Gasteiger partial charge in [-0.3, -0.25) is 4.79 Å². The van der Waals surface area contributed by atoms with Crippen molar-refractivity contribution in [1.82, 2.24) is 0 Å². The third-order valence-electron chi connectivity index (χ3n) is 4.73. The first-order valence-electron chi connectivity index (χ1n) is 8.12. The van der Waals surface area contributed by atoms with Gasteiger partial charge < -0.3 is 0 Å². The molecule has 1 aromatic carbocycles. The van der Waals surface area contributed by atoms with Crippen LogP contribution >= 0.6 is 0 Å². The summed E-state index contributed by atoms with van der Waals surface area (Å²) in [6, 6.07) is 5.07. The van der Waals surface area contributed by atoms with Crippen LogP contribution in [0.3, 0.4) is 0 Å². The second-order valence-corrected chi connectivity index (χ2v) is 6.17. The molecule has 2 rings (SSSR count). The molecule has 0 aromatic heterocycles. The fourth-order valence-corrected chi connectivity index (χ4v) is 3.37. The highest BCUT2D eigenvalue weighted by atomic mass is 19.1. The summed E-state index contributed by atoms with van der Waals surface area (Å²) in [5.41, 5.74) is 1.17. The van der Waals surface area contributed by atoms with Gasteiger partial charge in [0.05, 0.1) is 5.56 Å². The van der Waals surface area contributed by atoms with Crippen molar-refractivity contribution in [3.05, 3.63) is 47.8 Å². The number of benzene rings is 1. The minimum Gasteiger partial charge on any atom is -0.289 e. The van der Waals surface area contributed by atoms with Gasteiger partial charge in [0.15, 0.2) is 5.78 Å². The molecule has 0 atom stereocenters. The quantitative estimate of drug-likeness (QED) is 0.487. The molecule has 2 heteroatoms. The average Bonchev–Trinajstić information content (AvgIpc) is 2.52. The predicted octanol–water partition coefficient (Wildman–Crippen LogP) is 5.66. The maximum atomic E-state index is 14.0. The number of hydrogen-bond acceptors (Lipinski definition) is 1. The average molecular weight is 288 g/mol. The van der Waals surface area contributed by atoms with Crippen molar-refractivity contribution in [2.24, 2.45) is 5.92 Å². The number of hydrogen-bond donors (Lipinski definition) is 0. The first-order valence-corrected chi connectivity index (χ1v) is 8.12. The maximum absolute atomic E-state index is 14.0. The molecule has 0 amide bonds. The van der Waals surface area contributed by atoms with E-state index < -0.39 is 5.82 Å². The van der Waals surface area contributed by atoms with E-state index in [1.165, 1.54) is 32.1 Å². The van der Waals surface area contributed by atoms with Crippen molar-refractivity contribution < 1.29 is 9.18 Å². The van der Waals surface area contributed by atoms with Crippen molar-refractivity contribution in [2.45, 2.75) is 57.8 Å². The zero-order valence-electron chi connectivity index (χ0n) is 12.9. The van der Waals surface area contributed by atoms with Crippen LogP contribution in [0.25, 0.3) is 0 Å². The Hall–Kier alpha value is -1.44. The molecule has 0 saturated heterocycles.